The monoisotopic (exact) mass is 299 g/mol. The van der Waals surface area contributed by atoms with E-state index >= 15 is 0 Å². The lowest BCUT2D eigenvalue weighted by molar-refractivity contribution is 0.0974. The molecule has 0 aromatic heterocycles. The van der Waals surface area contributed by atoms with Crippen LogP contribution in [0.1, 0.15) is 15.9 Å². The number of amides is 1. The van der Waals surface area contributed by atoms with Gasteiger partial charge < -0.3 is 14.8 Å². The molecule has 5 nitrogen and oxygen atoms in total. The Hall–Kier alpha value is -2.82. The highest BCUT2D eigenvalue weighted by molar-refractivity contribution is 5.99. The molecule has 0 aliphatic carbocycles. The smallest absolute Gasteiger partial charge is 0.407 e. The number of methoxy groups -OCH3 is 1. The molecule has 2 rings (SSSR count). The maximum absolute atomic E-state index is 12.0. The second kappa shape index (κ2) is 7.83. The Balaban J connectivity index is 1.79. The lowest BCUT2D eigenvalue weighted by Gasteiger charge is -2.07. The molecule has 0 aliphatic rings. The van der Waals surface area contributed by atoms with Crippen LogP contribution in [0.3, 0.4) is 0 Å². The molecular weight excluding hydrogens is 282 g/mol. The fourth-order valence-electron chi connectivity index (χ4n) is 1.83. The molecule has 0 radical (unpaired) electrons. The Labute approximate surface area is 128 Å². The standard InChI is InChI=1S/C17H17NO4/c1-21-15-9-5-8-14(10-15)16(19)11-18-17(20)22-12-13-6-3-2-4-7-13/h2-10H,11-12H2,1H3,(H,18,20). The van der Waals surface area contributed by atoms with Gasteiger partial charge in [-0.1, -0.05) is 42.5 Å². The molecule has 1 amide bonds. The first-order valence-electron chi connectivity index (χ1n) is 6.81. The van der Waals surface area contributed by atoms with Gasteiger partial charge in [-0.25, -0.2) is 4.79 Å². The van der Waals surface area contributed by atoms with Gasteiger partial charge in [0.2, 0.25) is 0 Å². The van der Waals surface area contributed by atoms with Crippen LogP contribution in [-0.2, 0) is 11.3 Å². The van der Waals surface area contributed by atoms with Crippen LogP contribution in [0, 0.1) is 0 Å². The van der Waals surface area contributed by atoms with Crippen molar-refractivity contribution in [1.29, 1.82) is 0 Å². The van der Waals surface area contributed by atoms with Gasteiger partial charge in [-0.3, -0.25) is 4.79 Å². The van der Waals surface area contributed by atoms with E-state index in [9.17, 15) is 9.59 Å². The minimum atomic E-state index is -0.625. The van der Waals surface area contributed by atoms with E-state index in [0.29, 0.717) is 11.3 Å². The maximum atomic E-state index is 12.0. The summed E-state index contributed by atoms with van der Waals surface area (Å²) in [6, 6.07) is 16.1. The number of carbonyl (C=O) groups is 2. The van der Waals surface area contributed by atoms with E-state index in [1.54, 1.807) is 24.3 Å². The van der Waals surface area contributed by atoms with Crippen LogP contribution < -0.4 is 10.1 Å². The number of benzene rings is 2. The summed E-state index contributed by atoms with van der Waals surface area (Å²) in [4.78, 5) is 23.5. The molecule has 0 heterocycles. The Morgan fingerprint density at radius 2 is 1.82 bits per heavy atom. The zero-order valence-electron chi connectivity index (χ0n) is 12.2. The van der Waals surface area contributed by atoms with E-state index in [2.05, 4.69) is 5.32 Å². The van der Waals surface area contributed by atoms with Crippen molar-refractivity contribution in [1.82, 2.24) is 5.32 Å². The topological polar surface area (TPSA) is 64.6 Å². The van der Waals surface area contributed by atoms with Crippen LogP contribution in [0.25, 0.3) is 0 Å². The third-order valence-corrected chi connectivity index (χ3v) is 3.00. The first kappa shape index (κ1) is 15.6. The van der Waals surface area contributed by atoms with Crippen molar-refractivity contribution in [3.05, 3.63) is 65.7 Å². The number of alkyl carbamates (subject to hydrolysis) is 1. The fraction of sp³-hybridized carbons (Fsp3) is 0.176. The normalized spacial score (nSPS) is 9.86. The number of nitrogens with one attached hydrogen (secondary N) is 1. The highest BCUT2D eigenvalue weighted by Crippen LogP contribution is 2.12. The van der Waals surface area contributed by atoms with E-state index in [0.717, 1.165) is 5.56 Å². The molecule has 2 aromatic rings. The van der Waals surface area contributed by atoms with E-state index < -0.39 is 6.09 Å². The Morgan fingerprint density at radius 3 is 2.55 bits per heavy atom. The van der Waals surface area contributed by atoms with Crippen molar-refractivity contribution in [3.8, 4) is 5.75 Å². The molecule has 0 atom stereocenters. The second-order valence-corrected chi connectivity index (χ2v) is 4.57. The Bertz CT molecular complexity index is 640. The number of Topliss-reactive ketones (excluding diaryl/α,β-unsaturated/α-hetero) is 1. The first-order valence-corrected chi connectivity index (χ1v) is 6.81. The van der Waals surface area contributed by atoms with Crippen LogP contribution >= 0.6 is 0 Å². The summed E-state index contributed by atoms with van der Waals surface area (Å²) in [7, 11) is 1.53. The molecule has 0 fully saturated rings. The third-order valence-electron chi connectivity index (χ3n) is 3.00. The molecule has 0 saturated heterocycles. The van der Waals surface area contributed by atoms with E-state index in [-0.39, 0.29) is 18.9 Å². The van der Waals surface area contributed by atoms with E-state index in [1.807, 2.05) is 30.3 Å². The summed E-state index contributed by atoms with van der Waals surface area (Å²) >= 11 is 0. The van der Waals surface area contributed by atoms with Crippen LogP contribution in [0.4, 0.5) is 4.79 Å². The number of carbonyl (C=O) groups excluding carboxylic acids is 2. The quantitative estimate of drug-likeness (QED) is 0.833. The molecule has 0 saturated carbocycles. The van der Waals surface area contributed by atoms with E-state index in [4.69, 9.17) is 9.47 Å². The Morgan fingerprint density at radius 1 is 1.05 bits per heavy atom. The number of ether oxygens (including phenoxy) is 2. The molecule has 0 aliphatic heterocycles. The van der Waals surface area contributed by atoms with Gasteiger partial charge in [0.25, 0.3) is 0 Å². The number of ketones is 1. The molecule has 22 heavy (non-hydrogen) atoms. The van der Waals surface area contributed by atoms with Crippen molar-refractivity contribution in [2.75, 3.05) is 13.7 Å². The number of rotatable bonds is 6. The molecule has 0 unspecified atom stereocenters. The van der Waals surface area contributed by atoms with Crippen LogP contribution in [0.15, 0.2) is 54.6 Å². The van der Waals surface area contributed by atoms with Gasteiger partial charge in [0, 0.05) is 5.56 Å². The van der Waals surface area contributed by atoms with Crippen molar-refractivity contribution in [2.24, 2.45) is 0 Å². The summed E-state index contributed by atoms with van der Waals surface area (Å²) in [5, 5.41) is 2.44. The fourth-order valence-corrected chi connectivity index (χ4v) is 1.83. The molecule has 2 aromatic carbocycles. The van der Waals surface area contributed by atoms with Gasteiger partial charge >= 0.3 is 6.09 Å². The highest BCUT2D eigenvalue weighted by Gasteiger charge is 2.09. The van der Waals surface area contributed by atoms with Gasteiger partial charge in [-0.2, -0.15) is 0 Å². The summed E-state index contributed by atoms with van der Waals surface area (Å²) in [5.74, 6) is 0.382. The second-order valence-electron chi connectivity index (χ2n) is 4.57. The molecular formula is C17H17NO4. The molecule has 5 heteroatoms. The first-order chi connectivity index (χ1) is 10.7. The largest absolute Gasteiger partial charge is 0.497 e. The summed E-state index contributed by atoms with van der Waals surface area (Å²) < 4.78 is 10.1. The van der Waals surface area contributed by atoms with Crippen molar-refractivity contribution < 1.29 is 19.1 Å². The van der Waals surface area contributed by atoms with Crippen molar-refractivity contribution in [3.63, 3.8) is 0 Å². The maximum Gasteiger partial charge on any atom is 0.407 e. The lowest BCUT2D eigenvalue weighted by Crippen LogP contribution is -2.30. The SMILES string of the molecule is COc1cccc(C(=O)CNC(=O)OCc2ccccc2)c1. The third kappa shape index (κ3) is 4.63. The minimum Gasteiger partial charge on any atom is -0.497 e. The summed E-state index contributed by atoms with van der Waals surface area (Å²) in [6.45, 7) is 0.0425. The zero-order chi connectivity index (χ0) is 15.8. The predicted molar refractivity (Wildman–Crippen MR) is 82.0 cm³/mol. The van der Waals surface area contributed by atoms with Gasteiger partial charge in [-0.05, 0) is 17.7 Å². The van der Waals surface area contributed by atoms with Gasteiger partial charge in [0.1, 0.15) is 12.4 Å². The van der Waals surface area contributed by atoms with Gasteiger partial charge in [-0.15, -0.1) is 0 Å². The predicted octanol–water partition coefficient (Wildman–Crippen LogP) is 2.80. The van der Waals surface area contributed by atoms with Crippen LogP contribution in [0.2, 0.25) is 0 Å². The number of hydrogen-bond acceptors (Lipinski definition) is 4. The molecule has 0 bridgehead atoms. The van der Waals surface area contributed by atoms with Crippen molar-refractivity contribution in [2.45, 2.75) is 6.61 Å². The number of hydrogen-bond donors (Lipinski definition) is 1. The lowest BCUT2D eigenvalue weighted by atomic mass is 10.1. The van der Waals surface area contributed by atoms with Gasteiger partial charge in [0.15, 0.2) is 5.78 Å². The van der Waals surface area contributed by atoms with Gasteiger partial charge in [0.05, 0.1) is 13.7 Å². The van der Waals surface area contributed by atoms with Crippen LogP contribution in [-0.4, -0.2) is 25.5 Å². The average Bonchev–Trinajstić information content (AvgIpc) is 2.58. The van der Waals surface area contributed by atoms with Crippen molar-refractivity contribution >= 4 is 11.9 Å². The molecule has 114 valence electrons. The summed E-state index contributed by atoms with van der Waals surface area (Å²) in [5.41, 5.74) is 1.36. The zero-order valence-corrected chi connectivity index (χ0v) is 12.2. The molecule has 1 N–H and O–H groups in total. The highest BCUT2D eigenvalue weighted by atomic mass is 16.5. The van der Waals surface area contributed by atoms with E-state index in [1.165, 1.54) is 7.11 Å². The Kier molecular flexibility index (Phi) is 5.54. The average molecular weight is 299 g/mol. The minimum absolute atomic E-state index is 0.124. The van der Waals surface area contributed by atoms with Crippen LogP contribution in [0.5, 0.6) is 5.75 Å². The summed E-state index contributed by atoms with van der Waals surface area (Å²) in [6.07, 6.45) is -0.625. The molecule has 0 spiro atoms.